The zero-order valence-corrected chi connectivity index (χ0v) is 15.5. The van der Waals surface area contributed by atoms with Crippen molar-refractivity contribution in [1.82, 2.24) is 15.0 Å². The van der Waals surface area contributed by atoms with Crippen molar-refractivity contribution < 1.29 is 0 Å². The zero-order valence-electron chi connectivity index (χ0n) is 14.7. The molecule has 3 heterocycles. The molecule has 1 saturated carbocycles. The van der Waals surface area contributed by atoms with Crippen molar-refractivity contribution in [2.75, 3.05) is 5.32 Å². The Balaban J connectivity index is 1.59. The first kappa shape index (κ1) is 16.1. The number of nitrogens with one attached hydrogen (secondary N) is 1. The molecule has 1 aliphatic carbocycles. The van der Waals surface area contributed by atoms with E-state index in [1.54, 1.807) is 11.3 Å². The van der Waals surface area contributed by atoms with Crippen LogP contribution in [0.15, 0.2) is 72.4 Å². The van der Waals surface area contributed by atoms with E-state index in [-0.39, 0.29) is 0 Å². The SMILES string of the molecule is c1ccc(-c2nc(NC3CC3)cc(-c3cncc(-c4cccs4)c3)n2)cc1. The van der Waals surface area contributed by atoms with E-state index >= 15 is 0 Å². The van der Waals surface area contributed by atoms with E-state index in [9.17, 15) is 0 Å². The van der Waals surface area contributed by atoms with Crippen molar-refractivity contribution in [3.8, 4) is 33.1 Å². The number of hydrogen-bond acceptors (Lipinski definition) is 5. The fourth-order valence-corrected chi connectivity index (χ4v) is 3.69. The molecule has 132 valence electrons. The number of benzene rings is 1. The molecule has 1 fully saturated rings. The molecule has 1 aromatic carbocycles. The summed E-state index contributed by atoms with van der Waals surface area (Å²) < 4.78 is 0. The summed E-state index contributed by atoms with van der Waals surface area (Å²) in [5.74, 6) is 1.61. The van der Waals surface area contributed by atoms with Crippen molar-refractivity contribution in [1.29, 1.82) is 0 Å². The Bertz CT molecular complexity index is 1060. The van der Waals surface area contributed by atoms with Crippen LogP contribution in [-0.2, 0) is 0 Å². The Hall–Kier alpha value is -3.05. The molecule has 0 unspecified atom stereocenters. The topological polar surface area (TPSA) is 50.7 Å². The van der Waals surface area contributed by atoms with Crippen LogP contribution >= 0.6 is 11.3 Å². The number of hydrogen-bond donors (Lipinski definition) is 1. The molecule has 0 saturated heterocycles. The van der Waals surface area contributed by atoms with Gasteiger partial charge in [0.25, 0.3) is 0 Å². The minimum absolute atomic E-state index is 0.534. The molecular weight excluding hydrogens is 352 g/mol. The maximum Gasteiger partial charge on any atom is 0.162 e. The molecule has 0 bridgehead atoms. The van der Waals surface area contributed by atoms with Crippen LogP contribution in [0.4, 0.5) is 5.82 Å². The van der Waals surface area contributed by atoms with Crippen LogP contribution in [0, 0.1) is 0 Å². The summed E-state index contributed by atoms with van der Waals surface area (Å²) in [4.78, 5) is 15.2. The smallest absolute Gasteiger partial charge is 0.162 e. The molecule has 1 N–H and O–H groups in total. The van der Waals surface area contributed by atoms with Gasteiger partial charge in [0.1, 0.15) is 5.82 Å². The van der Waals surface area contributed by atoms with Crippen LogP contribution in [0.5, 0.6) is 0 Å². The van der Waals surface area contributed by atoms with Crippen molar-refractivity contribution in [2.24, 2.45) is 0 Å². The molecule has 0 amide bonds. The minimum Gasteiger partial charge on any atom is -0.367 e. The second-order valence-electron chi connectivity index (χ2n) is 6.69. The first-order chi connectivity index (χ1) is 13.3. The molecule has 3 aromatic heterocycles. The van der Waals surface area contributed by atoms with Gasteiger partial charge in [-0.1, -0.05) is 36.4 Å². The Morgan fingerprint density at radius 1 is 0.852 bits per heavy atom. The van der Waals surface area contributed by atoms with Gasteiger partial charge in [-0.2, -0.15) is 0 Å². The highest BCUT2D eigenvalue weighted by Gasteiger charge is 2.22. The molecule has 5 rings (SSSR count). The Kier molecular flexibility index (Phi) is 4.14. The maximum absolute atomic E-state index is 4.84. The molecule has 0 atom stereocenters. The summed E-state index contributed by atoms with van der Waals surface area (Å²) in [7, 11) is 0. The third-order valence-corrected chi connectivity index (χ3v) is 5.45. The Morgan fingerprint density at radius 3 is 2.48 bits per heavy atom. The van der Waals surface area contributed by atoms with Crippen LogP contribution in [-0.4, -0.2) is 21.0 Å². The van der Waals surface area contributed by atoms with Crippen LogP contribution in [0.1, 0.15) is 12.8 Å². The van der Waals surface area contributed by atoms with Gasteiger partial charge in [0.15, 0.2) is 5.82 Å². The van der Waals surface area contributed by atoms with Crippen LogP contribution < -0.4 is 5.32 Å². The molecule has 1 aliphatic rings. The van der Waals surface area contributed by atoms with E-state index in [4.69, 9.17) is 9.97 Å². The number of thiophene rings is 1. The van der Waals surface area contributed by atoms with Gasteiger partial charge in [-0.25, -0.2) is 9.97 Å². The Labute approximate surface area is 162 Å². The van der Waals surface area contributed by atoms with E-state index in [2.05, 4.69) is 33.9 Å². The fourth-order valence-electron chi connectivity index (χ4n) is 2.98. The van der Waals surface area contributed by atoms with Crippen molar-refractivity contribution in [3.05, 3.63) is 72.4 Å². The average Bonchev–Trinajstić information content (AvgIpc) is 3.36. The van der Waals surface area contributed by atoms with E-state index in [1.807, 2.05) is 48.8 Å². The largest absolute Gasteiger partial charge is 0.367 e. The molecule has 27 heavy (non-hydrogen) atoms. The van der Waals surface area contributed by atoms with Crippen LogP contribution in [0.2, 0.25) is 0 Å². The molecule has 5 heteroatoms. The van der Waals surface area contributed by atoms with Crippen LogP contribution in [0.3, 0.4) is 0 Å². The number of nitrogens with zero attached hydrogens (tertiary/aromatic N) is 3. The van der Waals surface area contributed by atoms with Crippen molar-refractivity contribution in [2.45, 2.75) is 18.9 Å². The molecular formula is C22H18N4S. The highest BCUT2D eigenvalue weighted by atomic mass is 32.1. The second kappa shape index (κ2) is 6.93. The first-order valence-electron chi connectivity index (χ1n) is 9.05. The highest BCUT2D eigenvalue weighted by Crippen LogP contribution is 2.31. The zero-order chi connectivity index (χ0) is 18.1. The normalized spacial score (nSPS) is 13.5. The number of aromatic nitrogens is 3. The lowest BCUT2D eigenvalue weighted by Gasteiger charge is -2.10. The minimum atomic E-state index is 0.534. The lowest BCUT2D eigenvalue weighted by atomic mass is 10.1. The lowest BCUT2D eigenvalue weighted by molar-refractivity contribution is 1.09. The predicted molar refractivity (Wildman–Crippen MR) is 111 cm³/mol. The molecule has 0 radical (unpaired) electrons. The van der Waals surface area contributed by atoms with Gasteiger partial charge < -0.3 is 5.32 Å². The average molecular weight is 370 g/mol. The van der Waals surface area contributed by atoms with Gasteiger partial charge in [0.05, 0.1) is 5.69 Å². The predicted octanol–water partition coefficient (Wildman–Crippen LogP) is 5.51. The highest BCUT2D eigenvalue weighted by molar-refractivity contribution is 7.13. The fraction of sp³-hybridized carbons (Fsp3) is 0.136. The van der Waals surface area contributed by atoms with Crippen molar-refractivity contribution in [3.63, 3.8) is 0 Å². The van der Waals surface area contributed by atoms with E-state index in [0.717, 1.165) is 34.0 Å². The molecule has 0 aliphatic heterocycles. The third kappa shape index (κ3) is 3.59. The van der Waals surface area contributed by atoms with E-state index in [1.165, 1.54) is 17.7 Å². The van der Waals surface area contributed by atoms with Crippen molar-refractivity contribution >= 4 is 17.2 Å². The van der Waals surface area contributed by atoms with Gasteiger partial charge in [0, 0.05) is 46.1 Å². The van der Waals surface area contributed by atoms with Gasteiger partial charge >= 0.3 is 0 Å². The molecule has 4 aromatic rings. The third-order valence-electron chi connectivity index (χ3n) is 4.53. The summed E-state index contributed by atoms with van der Waals surface area (Å²) in [5.41, 5.74) is 4.01. The quantitative estimate of drug-likeness (QED) is 0.503. The second-order valence-corrected chi connectivity index (χ2v) is 7.63. The molecule has 0 spiro atoms. The Morgan fingerprint density at radius 2 is 1.70 bits per heavy atom. The number of pyridine rings is 1. The standard InChI is InChI=1S/C22H18N4S/c1-2-5-15(6-3-1)22-25-19(12-21(26-22)24-18-8-9-18)16-11-17(14-23-13-16)20-7-4-10-27-20/h1-7,10-14,18H,8-9H2,(H,24,25,26). The van der Waals surface area contributed by atoms with E-state index in [0.29, 0.717) is 6.04 Å². The van der Waals surface area contributed by atoms with Crippen LogP contribution in [0.25, 0.3) is 33.1 Å². The van der Waals surface area contributed by atoms with Gasteiger partial charge in [0.2, 0.25) is 0 Å². The summed E-state index contributed by atoms with van der Waals surface area (Å²) in [5, 5.41) is 5.59. The van der Waals surface area contributed by atoms with Gasteiger partial charge in [-0.3, -0.25) is 4.98 Å². The van der Waals surface area contributed by atoms with Gasteiger partial charge in [-0.15, -0.1) is 11.3 Å². The lowest BCUT2D eigenvalue weighted by Crippen LogP contribution is -2.05. The number of anilines is 1. The summed E-state index contributed by atoms with van der Waals surface area (Å²) in [6.07, 6.45) is 6.18. The molecule has 4 nitrogen and oxygen atoms in total. The first-order valence-corrected chi connectivity index (χ1v) is 9.93. The summed E-state index contributed by atoms with van der Waals surface area (Å²) in [6, 6.07) is 19.0. The number of rotatable bonds is 5. The summed E-state index contributed by atoms with van der Waals surface area (Å²) >= 11 is 1.71. The maximum atomic E-state index is 4.84. The van der Waals surface area contributed by atoms with Gasteiger partial charge in [-0.05, 0) is 30.4 Å². The summed E-state index contributed by atoms with van der Waals surface area (Å²) in [6.45, 7) is 0. The monoisotopic (exact) mass is 370 g/mol. The van der Waals surface area contributed by atoms with E-state index < -0.39 is 0 Å².